The molecule has 2 aromatic heterocycles. The quantitative estimate of drug-likeness (QED) is 0.899. The lowest BCUT2D eigenvalue weighted by Gasteiger charge is -2.32. The smallest absolute Gasteiger partial charge is 0.317 e. The fourth-order valence-corrected chi connectivity index (χ4v) is 2.99. The number of urea groups is 1. The molecule has 2 N–H and O–H groups in total. The SMILES string of the molecule is CC(Cc1cccnc1)NC(=O)N1CCC(c2ncn[nH]2)CC1. The Morgan fingerprint density at radius 2 is 2.30 bits per heavy atom. The molecule has 1 atom stereocenters. The Morgan fingerprint density at radius 3 is 2.96 bits per heavy atom. The Hall–Kier alpha value is -2.44. The first-order chi connectivity index (χ1) is 11.2. The minimum atomic E-state index is 0.0115. The molecule has 1 saturated heterocycles. The van der Waals surface area contributed by atoms with Gasteiger partial charge in [-0.3, -0.25) is 10.1 Å². The number of carbonyl (C=O) groups excluding carboxylic acids is 1. The zero-order valence-corrected chi connectivity index (χ0v) is 13.3. The normalized spacial score (nSPS) is 17.0. The van der Waals surface area contributed by atoms with Crippen molar-refractivity contribution < 1.29 is 4.79 Å². The van der Waals surface area contributed by atoms with Gasteiger partial charge in [0.15, 0.2) is 0 Å². The molecule has 3 heterocycles. The van der Waals surface area contributed by atoms with Gasteiger partial charge in [0.05, 0.1) is 0 Å². The lowest BCUT2D eigenvalue weighted by Crippen LogP contribution is -2.47. The highest BCUT2D eigenvalue weighted by Gasteiger charge is 2.25. The van der Waals surface area contributed by atoms with Gasteiger partial charge in [-0.25, -0.2) is 9.78 Å². The average molecular weight is 314 g/mol. The van der Waals surface area contributed by atoms with Gasteiger partial charge < -0.3 is 10.2 Å². The number of nitrogens with one attached hydrogen (secondary N) is 2. The number of hydrogen-bond donors (Lipinski definition) is 2. The lowest BCUT2D eigenvalue weighted by molar-refractivity contribution is 0.177. The predicted molar refractivity (Wildman–Crippen MR) is 85.9 cm³/mol. The fraction of sp³-hybridized carbons (Fsp3) is 0.500. The van der Waals surface area contributed by atoms with E-state index < -0.39 is 0 Å². The zero-order chi connectivity index (χ0) is 16.1. The molecule has 1 fully saturated rings. The summed E-state index contributed by atoms with van der Waals surface area (Å²) in [5.74, 6) is 1.30. The summed E-state index contributed by atoms with van der Waals surface area (Å²) in [5.41, 5.74) is 1.13. The minimum Gasteiger partial charge on any atom is -0.335 e. The number of likely N-dealkylation sites (tertiary alicyclic amines) is 1. The number of piperidine rings is 1. The summed E-state index contributed by atoms with van der Waals surface area (Å²) in [7, 11) is 0. The molecule has 0 aliphatic carbocycles. The molecule has 0 radical (unpaired) electrons. The predicted octanol–water partition coefficient (Wildman–Crippen LogP) is 1.72. The summed E-state index contributed by atoms with van der Waals surface area (Å²) in [6, 6.07) is 4.03. The molecule has 1 unspecified atom stereocenters. The van der Waals surface area contributed by atoms with Gasteiger partial charge in [0.2, 0.25) is 0 Å². The highest BCUT2D eigenvalue weighted by molar-refractivity contribution is 5.74. The number of aromatic nitrogens is 4. The molecule has 1 aliphatic rings. The van der Waals surface area contributed by atoms with Crippen molar-refractivity contribution in [2.75, 3.05) is 13.1 Å². The van der Waals surface area contributed by atoms with Crippen LogP contribution in [0.3, 0.4) is 0 Å². The molecule has 0 saturated carbocycles. The second-order valence-electron chi connectivity index (χ2n) is 6.05. The lowest BCUT2D eigenvalue weighted by atomic mass is 9.96. The van der Waals surface area contributed by atoms with Crippen LogP contribution in [0.1, 0.15) is 37.1 Å². The van der Waals surface area contributed by atoms with Crippen LogP contribution >= 0.6 is 0 Å². The Kier molecular flexibility index (Phi) is 4.85. The van der Waals surface area contributed by atoms with Crippen LogP contribution in [0.15, 0.2) is 30.9 Å². The summed E-state index contributed by atoms with van der Waals surface area (Å²) in [5, 5.41) is 9.89. The molecule has 2 aromatic rings. The van der Waals surface area contributed by atoms with E-state index in [-0.39, 0.29) is 12.1 Å². The van der Waals surface area contributed by atoms with Gasteiger partial charge in [-0.2, -0.15) is 5.10 Å². The van der Waals surface area contributed by atoms with Gasteiger partial charge in [0, 0.05) is 37.4 Å². The highest BCUT2D eigenvalue weighted by Crippen LogP contribution is 2.24. The van der Waals surface area contributed by atoms with Gasteiger partial charge in [0.25, 0.3) is 0 Å². The number of H-pyrrole nitrogens is 1. The number of carbonyl (C=O) groups is 1. The third-order valence-corrected chi connectivity index (χ3v) is 4.24. The summed E-state index contributed by atoms with van der Waals surface area (Å²) in [6.07, 6.45) is 7.75. The molecule has 7 nitrogen and oxygen atoms in total. The first-order valence-corrected chi connectivity index (χ1v) is 8.02. The van der Waals surface area contributed by atoms with E-state index in [2.05, 4.69) is 25.5 Å². The average Bonchev–Trinajstić information content (AvgIpc) is 3.10. The Bertz CT molecular complexity index is 607. The van der Waals surface area contributed by atoms with Crippen LogP contribution in [0, 0.1) is 0 Å². The van der Waals surface area contributed by atoms with Crippen LogP contribution in [-0.2, 0) is 6.42 Å². The largest absolute Gasteiger partial charge is 0.335 e. The summed E-state index contributed by atoms with van der Waals surface area (Å²) in [4.78, 5) is 22.6. The molecular formula is C16H22N6O. The molecule has 23 heavy (non-hydrogen) atoms. The number of pyridine rings is 1. The van der Waals surface area contributed by atoms with Crippen LogP contribution in [0.5, 0.6) is 0 Å². The summed E-state index contributed by atoms with van der Waals surface area (Å²) in [6.45, 7) is 3.51. The number of nitrogens with zero attached hydrogens (tertiary/aromatic N) is 4. The van der Waals surface area contributed by atoms with Gasteiger partial charge in [-0.15, -0.1) is 0 Å². The molecule has 0 spiro atoms. The fourth-order valence-electron chi connectivity index (χ4n) is 2.99. The van der Waals surface area contributed by atoms with Gasteiger partial charge in [-0.05, 0) is 37.8 Å². The van der Waals surface area contributed by atoms with Crippen molar-refractivity contribution in [1.82, 2.24) is 30.4 Å². The monoisotopic (exact) mass is 314 g/mol. The molecule has 7 heteroatoms. The van der Waals surface area contributed by atoms with Gasteiger partial charge in [0.1, 0.15) is 12.2 Å². The molecule has 0 aromatic carbocycles. The Morgan fingerprint density at radius 1 is 1.48 bits per heavy atom. The van der Waals surface area contributed by atoms with E-state index in [1.165, 1.54) is 6.33 Å². The van der Waals surface area contributed by atoms with Gasteiger partial charge >= 0.3 is 6.03 Å². The van der Waals surface area contributed by atoms with Gasteiger partial charge in [-0.1, -0.05) is 6.07 Å². The van der Waals surface area contributed by atoms with E-state index in [0.717, 1.165) is 43.7 Å². The van der Waals surface area contributed by atoms with Crippen LogP contribution in [-0.4, -0.2) is 50.2 Å². The Balaban J connectivity index is 1.46. The second-order valence-corrected chi connectivity index (χ2v) is 6.05. The minimum absolute atomic E-state index is 0.0115. The van der Waals surface area contributed by atoms with Crippen molar-refractivity contribution in [3.05, 3.63) is 42.2 Å². The van der Waals surface area contributed by atoms with Crippen molar-refractivity contribution in [2.45, 2.75) is 38.1 Å². The molecule has 0 bridgehead atoms. The first kappa shape index (κ1) is 15.5. The van der Waals surface area contributed by atoms with Crippen molar-refractivity contribution >= 4 is 6.03 Å². The molecular weight excluding hydrogens is 292 g/mol. The van der Waals surface area contributed by atoms with E-state index >= 15 is 0 Å². The van der Waals surface area contributed by atoms with Crippen LogP contribution in [0.25, 0.3) is 0 Å². The molecule has 122 valence electrons. The first-order valence-electron chi connectivity index (χ1n) is 8.02. The topological polar surface area (TPSA) is 86.8 Å². The third-order valence-electron chi connectivity index (χ3n) is 4.24. The number of rotatable bonds is 4. The highest BCUT2D eigenvalue weighted by atomic mass is 16.2. The van der Waals surface area contributed by atoms with E-state index in [1.807, 2.05) is 30.2 Å². The van der Waals surface area contributed by atoms with E-state index in [9.17, 15) is 4.79 Å². The Labute approximate surface area is 135 Å². The number of hydrogen-bond acceptors (Lipinski definition) is 4. The van der Waals surface area contributed by atoms with Crippen LogP contribution in [0.4, 0.5) is 4.79 Å². The molecule has 1 aliphatic heterocycles. The van der Waals surface area contributed by atoms with Crippen LogP contribution in [0.2, 0.25) is 0 Å². The maximum Gasteiger partial charge on any atom is 0.317 e. The third kappa shape index (κ3) is 4.06. The van der Waals surface area contributed by atoms with Crippen LogP contribution < -0.4 is 5.32 Å². The maximum absolute atomic E-state index is 12.4. The zero-order valence-electron chi connectivity index (χ0n) is 13.3. The van der Waals surface area contributed by atoms with Crippen molar-refractivity contribution in [3.8, 4) is 0 Å². The van der Waals surface area contributed by atoms with Crippen molar-refractivity contribution in [3.63, 3.8) is 0 Å². The van der Waals surface area contributed by atoms with E-state index in [4.69, 9.17) is 0 Å². The summed E-state index contributed by atoms with van der Waals surface area (Å²) < 4.78 is 0. The van der Waals surface area contributed by atoms with E-state index in [1.54, 1.807) is 6.20 Å². The summed E-state index contributed by atoms with van der Waals surface area (Å²) >= 11 is 0. The number of amides is 2. The second kappa shape index (κ2) is 7.21. The molecule has 2 amide bonds. The maximum atomic E-state index is 12.4. The standard InChI is InChI=1S/C16H22N6O/c1-12(9-13-3-2-6-17-10-13)20-16(23)22-7-4-14(5-8-22)15-18-11-19-21-15/h2-3,6,10-12,14H,4-5,7-9H2,1H3,(H,20,23)(H,18,19,21). The molecule has 3 rings (SSSR count). The van der Waals surface area contributed by atoms with E-state index in [0.29, 0.717) is 5.92 Å². The van der Waals surface area contributed by atoms with Crippen molar-refractivity contribution in [2.24, 2.45) is 0 Å². The van der Waals surface area contributed by atoms with Crippen molar-refractivity contribution in [1.29, 1.82) is 0 Å². The number of aromatic amines is 1.